The van der Waals surface area contributed by atoms with Crippen LogP contribution in [-0.2, 0) is 0 Å². The Kier molecular flexibility index (Phi) is 3.11. The van der Waals surface area contributed by atoms with Gasteiger partial charge in [-0.05, 0) is 25.8 Å². The van der Waals surface area contributed by atoms with Crippen molar-refractivity contribution in [3.05, 3.63) is 35.4 Å². The van der Waals surface area contributed by atoms with E-state index in [1.165, 1.54) is 0 Å². The first-order chi connectivity index (χ1) is 6.43. The Morgan fingerprint density at radius 2 is 1.79 bits per heavy atom. The van der Waals surface area contributed by atoms with Gasteiger partial charge in [0.25, 0.3) is 0 Å². The molecule has 0 N–H and O–H groups in total. The highest BCUT2D eigenvalue weighted by atomic mass is 79.9. The molecular weight excluding hydrogens is 326 g/mol. The minimum Gasteiger partial charge on any atom is -0.358 e. The Morgan fingerprint density at radius 3 is 2.21 bits per heavy atom. The summed E-state index contributed by atoms with van der Waals surface area (Å²) in [6.45, 7) is 0. The first kappa shape index (κ1) is 11.0. The van der Waals surface area contributed by atoms with Crippen LogP contribution in [0.4, 0.5) is 11.5 Å². The quantitative estimate of drug-likeness (QED) is 0.472. The number of hydrogen-bond acceptors (Lipinski definition) is 5. The van der Waals surface area contributed by atoms with Crippen LogP contribution in [0.5, 0.6) is 0 Å². The molecule has 0 unspecified atom stereocenters. The fourth-order valence-corrected chi connectivity index (χ4v) is 1.30. The van der Waals surface area contributed by atoms with Crippen molar-refractivity contribution in [1.29, 1.82) is 0 Å². The summed E-state index contributed by atoms with van der Waals surface area (Å²) >= 11 is 5.87. The standard InChI is InChI=1S/C5HBr2N3O4/c6-2-1-3(9(11)12)5(10(13)14)8-4(2)7/h1H. The van der Waals surface area contributed by atoms with Gasteiger partial charge in [-0.2, -0.15) is 0 Å². The molecule has 0 bridgehead atoms. The summed E-state index contributed by atoms with van der Waals surface area (Å²) < 4.78 is 0.435. The highest BCUT2D eigenvalue weighted by molar-refractivity contribution is 9.13. The van der Waals surface area contributed by atoms with E-state index in [2.05, 4.69) is 36.8 Å². The molecule has 1 aromatic heterocycles. The van der Waals surface area contributed by atoms with E-state index in [1.54, 1.807) is 0 Å². The first-order valence-corrected chi connectivity index (χ1v) is 4.67. The molecule has 1 heterocycles. The van der Waals surface area contributed by atoms with Crippen LogP contribution in [0.1, 0.15) is 0 Å². The van der Waals surface area contributed by atoms with Crippen molar-refractivity contribution in [3.63, 3.8) is 0 Å². The maximum Gasteiger partial charge on any atom is 0.443 e. The van der Waals surface area contributed by atoms with Crippen molar-refractivity contribution in [2.24, 2.45) is 0 Å². The third kappa shape index (κ3) is 2.04. The zero-order valence-corrected chi connectivity index (χ0v) is 9.48. The molecule has 7 nitrogen and oxygen atoms in total. The van der Waals surface area contributed by atoms with E-state index in [-0.39, 0.29) is 9.08 Å². The molecule has 0 radical (unpaired) electrons. The van der Waals surface area contributed by atoms with Crippen LogP contribution in [0.2, 0.25) is 0 Å². The summed E-state index contributed by atoms with van der Waals surface area (Å²) in [7, 11) is 0. The summed E-state index contributed by atoms with van der Waals surface area (Å²) in [6.07, 6.45) is 0. The maximum atomic E-state index is 10.4. The summed E-state index contributed by atoms with van der Waals surface area (Å²) in [4.78, 5) is 22.5. The molecule has 0 atom stereocenters. The lowest BCUT2D eigenvalue weighted by Crippen LogP contribution is -1.99. The van der Waals surface area contributed by atoms with Gasteiger partial charge in [0, 0.05) is 22.0 Å². The van der Waals surface area contributed by atoms with Gasteiger partial charge < -0.3 is 10.1 Å². The summed E-state index contributed by atoms with van der Waals surface area (Å²) in [5.74, 6) is -0.787. The Labute approximate surface area is 93.7 Å². The molecule has 9 heteroatoms. The lowest BCUT2D eigenvalue weighted by Gasteiger charge is -1.95. The van der Waals surface area contributed by atoms with Crippen molar-refractivity contribution < 1.29 is 9.85 Å². The highest BCUT2D eigenvalue weighted by Crippen LogP contribution is 2.32. The van der Waals surface area contributed by atoms with Crippen molar-refractivity contribution in [2.75, 3.05) is 0 Å². The smallest absolute Gasteiger partial charge is 0.358 e. The predicted octanol–water partition coefficient (Wildman–Crippen LogP) is 2.42. The van der Waals surface area contributed by atoms with Gasteiger partial charge >= 0.3 is 11.5 Å². The predicted molar refractivity (Wildman–Crippen MR) is 52.9 cm³/mol. The number of halogens is 2. The second-order valence-corrected chi connectivity index (χ2v) is 3.72. The van der Waals surface area contributed by atoms with E-state index >= 15 is 0 Å². The number of pyridine rings is 1. The van der Waals surface area contributed by atoms with E-state index in [0.29, 0.717) is 0 Å². The molecule has 0 amide bonds. The molecule has 0 aliphatic carbocycles. The second-order valence-electron chi connectivity index (χ2n) is 2.12. The van der Waals surface area contributed by atoms with Crippen LogP contribution in [0.3, 0.4) is 0 Å². The lowest BCUT2D eigenvalue weighted by molar-refractivity contribution is -0.425. The zero-order valence-electron chi connectivity index (χ0n) is 6.31. The Hall–Kier alpha value is -1.09. The molecule has 14 heavy (non-hydrogen) atoms. The van der Waals surface area contributed by atoms with Crippen LogP contribution in [0.25, 0.3) is 0 Å². The number of nitro groups is 2. The fraction of sp³-hybridized carbons (Fsp3) is 0. The van der Waals surface area contributed by atoms with E-state index in [4.69, 9.17) is 0 Å². The Morgan fingerprint density at radius 1 is 1.21 bits per heavy atom. The highest BCUT2D eigenvalue weighted by Gasteiger charge is 2.28. The molecule has 0 spiro atoms. The van der Waals surface area contributed by atoms with Crippen LogP contribution >= 0.6 is 31.9 Å². The Balaban J connectivity index is 3.46. The van der Waals surface area contributed by atoms with Crippen molar-refractivity contribution in [2.45, 2.75) is 0 Å². The molecule has 1 aromatic rings. The van der Waals surface area contributed by atoms with Crippen LogP contribution in [-0.4, -0.2) is 14.8 Å². The van der Waals surface area contributed by atoms with Crippen LogP contribution < -0.4 is 0 Å². The fourth-order valence-electron chi connectivity index (χ4n) is 0.717. The first-order valence-electron chi connectivity index (χ1n) is 3.08. The van der Waals surface area contributed by atoms with Crippen molar-refractivity contribution >= 4 is 43.4 Å². The summed E-state index contributed by atoms with van der Waals surface area (Å²) in [5, 5.41) is 20.8. The van der Waals surface area contributed by atoms with Gasteiger partial charge in [0.05, 0.1) is 9.40 Å². The minimum absolute atomic E-state index is 0.148. The summed E-state index contributed by atoms with van der Waals surface area (Å²) in [5.41, 5.74) is -0.648. The van der Waals surface area contributed by atoms with Gasteiger partial charge in [0.1, 0.15) is 0 Å². The molecule has 0 aliphatic rings. The van der Waals surface area contributed by atoms with Crippen LogP contribution in [0, 0.1) is 20.2 Å². The van der Waals surface area contributed by atoms with E-state index in [0.717, 1.165) is 6.07 Å². The maximum absolute atomic E-state index is 10.4. The minimum atomic E-state index is -0.907. The van der Waals surface area contributed by atoms with E-state index < -0.39 is 21.4 Å². The molecule has 74 valence electrons. The Bertz CT molecular complexity index is 383. The van der Waals surface area contributed by atoms with E-state index in [9.17, 15) is 20.2 Å². The number of nitrogens with zero attached hydrogens (tertiary/aromatic N) is 3. The molecule has 0 aromatic carbocycles. The third-order valence-corrected chi connectivity index (χ3v) is 3.00. The molecule has 1 rings (SSSR count). The lowest BCUT2D eigenvalue weighted by atomic mass is 10.4. The topological polar surface area (TPSA) is 99.2 Å². The van der Waals surface area contributed by atoms with Gasteiger partial charge in [-0.25, -0.2) is 0 Å². The van der Waals surface area contributed by atoms with Crippen molar-refractivity contribution in [1.82, 2.24) is 4.98 Å². The summed E-state index contributed by atoms with van der Waals surface area (Å²) in [6, 6.07) is 1.02. The van der Waals surface area contributed by atoms with Gasteiger partial charge in [0.15, 0.2) is 0 Å². The SMILES string of the molecule is O=[N+]([O-])c1cc(Br)c(Br)nc1[N+](=O)[O-]. The average molecular weight is 327 g/mol. The average Bonchev–Trinajstić information content (AvgIpc) is 2.08. The second kappa shape index (κ2) is 3.96. The van der Waals surface area contributed by atoms with E-state index in [1.807, 2.05) is 0 Å². The molecular formula is C5HBr2N3O4. The van der Waals surface area contributed by atoms with Gasteiger partial charge in [-0.1, -0.05) is 0 Å². The number of aromatic nitrogens is 1. The van der Waals surface area contributed by atoms with Gasteiger partial charge in [0.2, 0.25) is 4.60 Å². The normalized spacial score (nSPS) is 9.86. The van der Waals surface area contributed by atoms with Gasteiger partial charge in [-0.15, -0.1) is 0 Å². The number of rotatable bonds is 2. The molecule has 0 aliphatic heterocycles. The third-order valence-electron chi connectivity index (χ3n) is 1.26. The van der Waals surface area contributed by atoms with Crippen molar-refractivity contribution in [3.8, 4) is 0 Å². The zero-order chi connectivity index (χ0) is 10.9. The van der Waals surface area contributed by atoms with Crippen LogP contribution in [0.15, 0.2) is 15.1 Å². The molecule has 0 saturated carbocycles. The number of hydrogen-bond donors (Lipinski definition) is 0. The van der Waals surface area contributed by atoms with Gasteiger partial charge in [-0.3, -0.25) is 10.1 Å². The largest absolute Gasteiger partial charge is 0.443 e. The molecule has 0 fully saturated rings. The molecule has 0 saturated heterocycles. The monoisotopic (exact) mass is 325 g/mol.